The standard InChI is InChI=1S/C14H25F3N2/c15-14(16,17)11-19(12-5-6-12)10-13(9-18)7-3-1-2-4-8-13/h12H,1-11,18H2. The normalized spacial score (nSPS) is 24.5. The van der Waals surface area contributed by atoms with Crippen LogP contribution in [0.4, 0.5) is 13.2 Å². The molecule has 0 aromatic carbocycles. The number of halogens is 3. The summed E-state index contributed by atoms with van der Waals surface area (Å²) in [5.41, 5.74) is 5.85. The summed E-state index contributed by atoms with van der Waals surface area (Å²) >= 11 is 0. The number of hydrogen-bond donors (Lipinski definition) is 1. The van der Waals surface area contributed by atoms with Crippen LogP contribution in [0.5, 0.6) is 0 Å². The first-order valence-corrected chi connectivity index (χ1v) is 7.45. The Balaban J connectivity index is 2.00. The molecule has 0 heterocycles. The summed E-state index contributed by atoms with van der Waals surface area (Å²) in [7, 11) is 0. The van der Waals surface area contributed by atoms with Crippen molar-refractivity contribution in [2.75, 3.05) is 19.6 Å². The first-order chi connectivity index (χ1) is 8.94. The molecule has 2 nitrogen and oxygen atoms in total. The van der Waals surface area contributed by atoms with Gasteiger partial charge < -0.3 is 5.73 Å². The van der Waals surface area contributed by atoms with Gasteiger partial charge in [0.2, 0.25) is 0 Å². The van der Waals surface area contributed by atoms with Gasteiger partial charge >= 0.3 is 6.18 Å². The van der Waals surface area contributed by atoms with Crippen molar-refractivity contribution in [3.63, 3.8) is 0 Å². The van der Waals surface area contributed by atoms with Crippen molar-refractivity contribution in [3.8, 4) is 0 Å². The molecule has 5 heteroatoms. The fourth-order valence-electron chi connectivity index (χ4n) is 3.32. The Hall–Kier alpha value is -0.290. The van der Waals surface area contributed by atoms with Crippen molar-refractivity contribution in [2.45, 2.75) is 63.6 Å². The van der Waals surface area contributed by atoms with Crippen LogP contribution in [0.3, 0.4) is 0 Å². The molecule has 0 radical (unpaired) electrons. The Morgan fingerprint density at radius 1 is 1.05 bits per heavy atom. The second kappa shape index (κ2) is 6.00. The van der Waals surface area contributed by atoms with E-state index in [4.69, 9.17) is 5.73 Å². The maximum absolute atomic E-state index is 12.7. The minimum Gasteiger partial charge on any atom is -0.330 e. The van der Waals surface area contributed by atoms with Gasteiger partial charge in [-0.2, -0.15) is 13.2 Å². The first-order valence-electron chi connectivity index (χ1n) is 7.45. The Bertz CT molecular complexity index is 279. The zero-order chi connectivity index (χ0) is 13.9. The molecule has 0 aromatic rings. The van der Waals surface area contributed by atoms with Gasteiger partial charge in [-0.25, -0.2) is 0 Å². The lowest BCUT2D eigenvalue weighted by Gasteiger charge is -2.37. The van der Waals surface area contributed by atoms with Crippen LogP contribution in [0.2, 0.25) is 0 Å². The van der Waals surface area contributed by atoms with Crippen molar-refractivity contribution < 1.29 is 13.2 Å². The van der Waals surface area contributed by atoms with Crippen molar-refractivity contribution in [1.29, 1.82) is 0 Å². The SMILES string of the molecule is NCC1(CN(CC(F)(F)F)C2CC2)CCCCCC1. The van der Waals surface area contributed by atoms with Crippen LogP contribution in [-0.4, -0.2) is 36.8 Å². The molecule has 19 heavy (non-hydrogen) atoms. The fraction of sp³-hybridized carbons (Fsp3) is 1.00. The highest BCUT2D eigenvalue weighted by atomic mass is 19.4. The molecule has 0 aromatic heterocycles. The van der Waals surface area contributed by atoms with Crippen LogP contribution < -0.4 is 5.73 Å². The summed E-state index contributed by atoms with van der Waals surface area (Å²) in [6.07, 6.45) is 4.34. The third-order valence-electron chi connectivity index (χ3n) is 4.58. The van der Waals surface area contributed by atoms with Crippen LogP contribution in [0.1, 0.15) is 51.4 Å². The summed E-state index contributed by atoms with van der Waals surface area (Å²) in [6, 6.07) is 0.147. The van der Waals surface area contributed by atoms with Gasteiger partial charge in [0, 0.05) is 12.6 Å². The van der Waals surface area contributed by atoms with Crippen molar-refractivity contribution in [3.05, 3.63) is 0 Å². The number of hydrogen-bond acceptors (Lipinski definition) is 2. The minimum atomic E-state index is -4.09. The highest BCUT2D eigenvalue weighted by molar-refractivity contribution is 4.92. The van der Waals surface area contributed by atoms with Gasteiger partial charge in [0.15, 0.2) is 0 Å². The van der Waals surface area contributed by atoms with Gasteiger partial charge in [-0.1, -0.05) is 25.7 Å². The Kier molecular flexibility index (Phi) is 4.77. The molecule has 0 aliphatic heterocycles. The molecule has 2 aliphatic rings. The summed E-state index contributed by atoms with van der Waals surface area (Å²) in [5.74, 6) is 0. The maximum atomic E-state index is 12.7. The lowest BCUT2D eigenvalue weighted by atomic mass is 9.80. The van der Waals surface area contributed by atoms with Gasteiger partial charge in [-0.15, -0.1) is 0 Å². The zero-order valence-corrected chi connectivity index (χ0v) is 11.5. The third-order valence-corrected chi connectivity index (χ3v) is 4.58. The molecule has 0 amide bonds. The Morgan fingerprint density at radius 2 is 1.63 bits per heavy atom. The molecule has 2 aliphatic carbocycles. The molecular weight excluding hydrogens is 253 g/mol. The molecule has 0 spiro atoms. The smallest absolute Gasteiger partial charge is 0.330 e. The van der Waals surface area contributed by atoms with E-state index in [1.807, 2.05) is 0 Å². The lowest BCUT2D eigenvalue weighted by Crippen LogP contribution is -2.46. The summed E-state index contributed by atoms with van der Waals surface area (Å²) in [4.78, 5) is 1.65. The van der Waals surface area contributed by atoms with Crippen LogP contribution >= 0.6 is 0 Å². The van der Waals surface area contributed by atoms with Gasteiger partial charge in [0.05, 0.1) is 6.54 Å². The first kappa shape index (κ1) is 15.1. The molecule has 112 valence electrons. The van der Waals surface area contributed by atoms with Gasteiger partial charge in [0.1, 0.15) is 0 Å². The van der Waals surface area contributed by atoms with E-state index in [0.29, 0.717) is 13.1 Å². The average Bonchev–Trinajstić information content (AvgIpc) is 3.14. The van der Waals surface area contributed by atoms with Crippen molar-refractivity contribution >= 4 is 0 Å². The Labute approximate surface area is 113 Å². The van der Waals surface area contributed by atoms with Crippen LogP contribution in [0.25, 0.3) is 0 Å². The van der Waals surface area contributed by atoms with Crippen LogP contribution in [0.15, 0.2) is 0 Å². The molecular formula is C14H25F3N2. The quantitative estimate of drug-likeness (QED) is 0.782. The lowest BCUT2D eigenvalue weighted by molar-refractivity contribution is -0.150. The predicted octanol–water partition coefficient (Wildman–Crippen LogP) is 3.31. The molecule has 0 unspecified atom stereocenters. The number of rotatable bonds is 5. The highest BCUT2D eigenvalue weighted by Crippen LogP contribution is 2.39. The summed E-state index contributed by atoms with van der Waals surface area (Å²) < 4.78 is 38.1. The van der Waals surface area contributed by atoms with Gasteiger partial charge in [0.25, 0.3) is 0 Å². The number of nitrogens with two attached hydrogens (primary N) is 1. The van der Waals surface area contributed by atoms with Crippen LogP contribution in [0, 0.1) is 5.41 Å². The van der Waals surface area contributed by atoms with Gasteiger partial charge in [-0.3, -0.25) is 4.90 Å². The average molecular weight is 278 g/mol. The highest BCUT2D eigenvalue weighted by Gasteiger charge is 2.42. The second-order valence-corrected chi connectivity index (χ2v) is 6.37. The van der Waals surface area contributed by atoms with E-state index in [-0.39, 0.29) is 11.5 Å². The second-order valence-electron chi connectivity index (χ2n) is 6.37. The number of nitrogens with zero attached hydrogens (tertiary/aromatic N) is 1. The molecule has 0 atom stereocenters. The molecule has 0 saturated heterocycles. The number of alkyl halides is 3. The van der Waals surface area contributed by atoms with E-state index in [1.54, 1.807) is 4.90 Å². The molecule has 0 bridgehead atoms. The van der Waals surface area contributed by atoms with E-state index in [0.717, 1.165) is 38.5 Å². The summed E-state index contributed by atoms with van der Waals surface area (Å²) in [6.45, 7) is 0.293. The van der Waals surface area contributed by atoms with E-state index in [9.17, 15) is 13.2 Å². The molecule has 2 fully saturated rings. The monoisotopic (exact) mass is 278 g/mol. The molecule has 2 saturated carbocycles. The fourth-order valence-corrected chi connectivity index (χ4v) is 3.32. The third kappa shape index (κ3) is 4.63. The van der Waals surface area contributed by atoms with E-state index in [1.165, 1.54) is 12.8 Å². The van der Waals surface area contributed by atoms with Crippen molar-refractivity contribution in [2.24, 2.45) is 11.1 Å². The van der Waals surface area contributed by atoms with E-state index in [2.05, 4.69) is 0 Å². The van der Waals surface area contributed by atoms with Crippen LogP contribution in [-0.2, 0) is 0 Å². The van der Waals surface area contributed by atoms with Gasteiger partial charge in [-0.05, 0) is 37.6 Å². The van der Waals surface area contributed by atoms with E-state index >= 15 is 0 Å². The molecule has 2 rings (SSSR count). The minimum absolute atomic E-state index is 0.0790. The molecule has 2 N–H and O–H groups in total. The zero-order valence-electron chi connectivity index (χ0n) is 11.5. The van der Waals surface area contributed by atoms with E-state index < -0.39 is 12.7 Å². The van der Waals surface area contributed by atoms with Crippen molar-refractivity contribution in [1.82, 2.24) is 4.90 Å². The summed E-state index contributed by atoms with van der Waals surface area (Å²) in [5, 5.41) is 0. The predicted molar refractivity (Wildman–Crippen MR) is 69.8 cm³/mol. The Morgan fingerprint density at radius 3 is 2.05 bits per heavy atom. The maximum Gasteiger partial charge on any atom is 0.401 e. The largest absolute Gasteiger partial charge is 0.401 e. The topological polar surface area (TPSA) is 29.3 Å².